The first-order valence-electron chi connectivity index (χ1n) is 5.58. The predicted molar refractivity (Wildman–Crippen MR) is 73.3 cm³/mol. The van der Waals surface area contributed by atoms with Crippen molar-refractivity contribution in [1.82, 2.24) is 14.5 Å². The molecular formula is C13H9Cl2N3O. The summed E-state index contributed by atoms with van der Waals surface area (Å²) in [6, 6.07) is 5.21. The first-order chi connectivity index (χ1) is 9.22. The lowest BCUT2D eigenvalue weighted by atomic mass is 10.2. The standard InChI is InChI=1S/C13H9Cl2N3O/c14-9-1-2-11(12(15)5-9)13-17-10(7-19-13)6-18-4-3-16-8-18/h1-5,7-8H,6H2. The Morgan fingerprint density at radius 1 is 1.26 bits per heavy atom. The van der Waals surface area contributed by atoms with Gasteiger partial charge in [-0.25, -0.2) is 9.97 Å². The van der Waals surface area contributed by atoms with Gasteiger partial charge < -0.3 is 8.98 Å². The van der Waals surface area contributed by atoms with E-state index in [0.29, 0.717) is 22.5 Å². The molecule has 4 nitrogen and oxygen atoms in total. The van der Waals surface area contributed by atoms with Crippen molar-refractivity contribution in [2.24, 2.45) is 0 Å². The normalized spacial score (nSPS) is 10.8. The molecule has 6 heteroatoms. The molecule has 0 fully saturated rings. The van der Waals surface area contributed by atoms with Crippen molar-refractivity contribution in [3.63, 3.8) is 0 Å². The molecule has 0 atom stereocenters. The van der Waals surface area contributed by atoms with Crippen LogP contribution < -0.4 is 0 Å². The lowest BCUT2D eigenvalue weighted by Gasteiger charge is -1.99. The van der Waals surface area contributed by atoms with Gasteiger partial charge in [-0.3, -0.25) is 0 Å². The van der Waals surface area contributed by atoms with Crippen LogP contribution in [0, 0.1) is 0 Å². The van der Waals surface area contributed by atoms with E-state index in [9.17, 15) is 0 Å². The Balaban J connectivity index is 1.88. The molecule has 0 radical (unpaired) electrons. The van der Waals surface area contributed by atoms with Crippen LogP contribution in [0.15, 0.2) is 47.6 Å². The molecule has 0 bridgehead atoms. The quantitative estimate of drug-likeness (QED) is 0.736. The number of hydrogen-bond donors (Lipinski definition) is 0. The highest BCUT2D eigenvalue weighted by Crippen LogP contribution is 2.29. The Morgan fingerprint density at radius 3 is 2.89 bits per heavy atom. The molecule has 3 aromatic rings. The summed E-state index contributed by atoms with van der Waals surface area (Å²) in [5.74, 6) is 0.483. The summed E-state index contributed by atoms with van der Waals surface area (Å²) in [5.41, 5.74) is 1.53. The van der Waals surface area contributed by atoms with Crippen LogP contribution in [0.2, 0.25) is 10.0 Å². The van der Waals surface area contributed by atoms with E-state index in [0.717, 1.165) is 11.3 Å². The maximum atomic E-state index is 6.12. The largest absolute Gasteiger partial charge is 0.444 e. The smallest absolute Gasteiger partial charge is 0.227 e. The van der Waals surface area contributed by atoms with Crippen molar-refractivity contribution in [2.45, 2.75) is 6.54 Å². The molecule has 0 amide bonds. The Kier molecular flexibility index (Phi) is 3.27. The van der Waals surface area contributed by atoms with Gasteiger partial charge in [0, 0.05) is 17.4 Å². The van der Waals surface area contributed by atoms with Crippen LogP contribution in [0.4, 0.5) is 0 Å². The van der Waals surface area contributed by atoms with Gasteiger partial charge in [-0.15, -0.1) is 0 Å². The van der Waals surface area contributed by atoms with Crippen LogP contribution >= 0.6 is 23.2 Å². The zero-order valence-electron chi connectivity index (χ0n) is 9.75. The van der Waals surface area contributed by atoms with Crippen LogP contribution in [-0.4, -0.2) is 14.5 Å². The van der Waals surface area contributed by atoms with Crippen molar-refractivity contribution in [3.05, 3.63) is 58.9 Å². The fourth-order valence-corrected chi connectivity index (χ4v) is 2.22. The van der Waals surface area contributed by atoms with Gasteiger partial charge >= 0.3 is 0 Å². The fraction of sp³-hybridized carbons (Fsp3) is 0.0769. The first kappa shape index (κ1) is 12.3. The molecule has 0 saturated carbocycles. The van der Waals surface area contributed by atoms with Crippen molar-refractivity contribution in [3.8, 4) is 11.5 Å². The molecule has 0 aliphatic rings. The lowest BCUT2D eigenvalue weighted by Crippen LogP contribution is -1.96. The summed E-state index contributed by atoms with van der Waals surface area (Å²) in [6.45, 7) is 0.606. The molecule has 0 unspecified atom stereocenters. The second-order valence-corrected chi connectivity index (χ2v) is 4.85. The van der Waals surface area contributed by atoms with Gasteiger partial charge in [0.15, 0.2) is 0 Å². The van der Waals surface area contributed by atoms with E-state index < -0.39 is 0 Å². The molecule has 0 N–H and O–H groups in total. The minimum atomic E-state index is 0.483. The number of halogens is 2. The maximum absolute atomic E-state index is 6.12. The Hall–Kier alpha value is -1.78. The molecule has 1 aromatic carbocycles. The summed E-state index contributed by atoms with van der Waals surface area (Å²) in [4.78, 5) is 8.38. The van der Waals surface area contributed by atoms with Crippen LogP contribution in [0.1, 0.15) is 5.69 Å². The van der Waals surface area contributed by atoms with Gasteiger partial charge in [0.25, 0.3) is 0 Å². The Bertz CT molecular complexity index is 692. The number of imidazole rings is 1. The molecule has 0 aliphatic heterocycles. The first-order valence-corrected chi connectivity index (χ1v) is 6.33. The molecule has 96 valence electrons. The van der Waals surface area contributed by atoms with Gasteiger partial charge in [-0.2, -0.15) is 0 Å². The zero-order valence-corrected chi connectivity index (χ0v) is 11.3. The molecule has 0 spiro atoms. The maximum Gasteiger partial charge on any atom is 0.227 e. The summed E-state index contributed by atoms with van der Waals surface area (Å²) in [6.07, 6.45) is 6.92. The van der Waals surface area contributed by atoms with Crippen LogP contribution in [0.5, 0.6) is 0 Å². The average molecular weight is 294 g/mol. The third-order valence-electron chi connectivity index (χ3n) is 2.62. The summed E-state index contributed by atoms with van der Waals surface area (Å²) in [7, 11) is 0. The highest BCUT2D eigenvalue weighted by Gasteiger charge is 2.11. The molecule has 0 aliphatic carbocycles. The molecule has 2 aromatic heterocycles. The van der Waals surface area contributed by atoms with E-state index in [-0.39, 0.29) is 0 Å². The predicted octanol–water partition coefficient (Wildman–Crippen LogP) is 3.89. The van der Waals surface area contributed by atoms with Gasteiger partial charge in [0.1, 0.15) is 6.26 Å². The lowest BCUT2D eigenvalue weighted by molar-refractivity contribution is 0.571. The minimum absolute atomic E-state index is 0.483. The molecule has 2 heterocycles. The van der Waals surface area contributed by atoms with E-state index in [2.05, 4.69) is 9.97 Å². The van der Waals surface area contributed by atoms with E-state index in [4.69, 9.17) is 27.6 Å². The topological polar surface area (TPSA) is 43.9 Å². The van der Waals surface area contributed by atoms with E-state index in [1.807, 2.05) is 10.8 Å². The van der Waals surface area contributed by atoms with Crippen LogP contribution in [0.3, 0.4) is 0 Å². The number of benzene rings is 1. The monoisotopic (exact) mass is 293 g/mol. The SMILES string of the molecule is Clc1ccc(-c2nc(Cn3ccnc3)co2)c(Cl)c1. The van der Waals surface area contributed by atoms with Gasteiger partial charge in [-0.05, 0) is 18.2 Å². The number of rotatable bonds is 3. The third kappa shape index (κ3) is 2.64. The fourth-order valence-electron chi connectivity index (χ4n) is 1.73. The second kappa shape index (κ2) is 5.07. The van der Waals surface area contributed by atoms with Crippen molar-refractivity contribution >= 4 is 23.2 Å². The third-order valence-corrected chi connectivity index (χ3v) is 3.16. The van der Waals surface area contributed by atoms with Gasteiger partial charge in [-0.1, -0.05) is 23.2 Å². The summed E-state index contributed by atoms with van der Waals surface area (Å²) < 4.78 is 7.36. The van der Waals surface area contributed by atoms with E-state index >= 15 is 0 Å². The van der Waals surface area contributed by atoms with Crippen molar-refractivity contribution in [2.75, 3.05) is 0 Å². The summed E-state index contributed by atoms with van der Waals surface area (Å²) in [5, 5.41) is 1.10. The zero-order chi connectivity index (χ0) is 13.2. The number of hydrogen-bond acceptors (Lipinski definition) is 3. The Labute approximate surface area is 119 Å². The van der Waals surface area contributed by atoms with E-state index in [1.54, 1.807) is 37.0 Å². The van der Waals surface area contributed by atoms with Crippen LogP contribution in [0.25, 0.3) is 11.5 Å². The molecular weight excluding hydrogens is 285 g/mol. The van der Waals surface area contributed by atoms with Crippen molar-refractivity contribution in [1.29, 1.82) is 0 Å². The number of aromatic nitrogens is 3. The highest BCUT2D eigenvalue weighted by atomic mass is 35.5. The van der Waals surface area contributed by atoms with Crippen LogP contribution in [-0.2, 0) is 6.54 Å². The van der Waals surface area contributed by atoms with Gasteiger partial charge in [0.2, 0.25) is 5.89 Å². The minimum Gasteiger partial charge on any atom is -0.444 e. The van der Waals surface area contributed by atoms with E-state index in [1.165, 1.54) is 0 Å². The number of nitrogens with zero attached hydrogens (tertiary/aromatic N) is 3. The van der Waals surface area contributed by atoms with Gasteiger partial charge in [0.05, 0.1) is 29.2 Å². The Morgan fingerprint density at radius 2 is 2.16 bits per heavy atom. The number of oxazole rings is 1. The molecule has 0 saturated heterocycles. The molecule has 19 heavy (non-hydrogen) atoms. The summed E-state index contributed by atoms with van der Waals surface area (Å²) >= 11 is 12.0. The highest BCUT2D eigenvalue weighted by molar-refractivity contribution is 6.36. The second-order valence-electron chi connectivity index (χ2n) is 4.00. The molecule has 3 rings (SSSR count). The average Bonchev–Trinajstić information content (AvgIpc) is 3.01. The van der Waals surface area contributed by atoms with Crippen molar-refractivity contribution < 1.29 is 4.42 Å².